The molecule has 0 rings (SSSR count). The molecule has 0 spiro atoms. The molecule has 0 aliphatic carbocycles. The van der Waals surface area contributed by atoms with Crippen LogP contribution in [0.1, 0.15) is 0 Å². The molecule has 0 saturated heterocycles. The van der Waals surface area contributed by atoms with Crippen molar-refractivity contribution in [2.45, 2.75) is 8.86 Å². The van der Waals surface area contributed by atoms with Crippen LogP contribution in [0.3, 0.4) is 0 Å². The van der Waals surface area contributed by atoms with Gasteiger partial charge in [0.25, 0.3) is 0 Å². The second-order valence-corrected chi connectivity index (χ2v) is 62.4. The van der Waals surface area contributed by atoms with Gasteiger partial charge in [-0.05, 0) is 0 Å². The van der Waals surface area contributed by atoms with Gasteiger partial charge in [-0.2, -0.15) is 0 Å². The van der Waals surface area contributed by atoms with E-state index in [1.165, 1.54) is 0 Å². The van der Waals surface area contributed by atoms with E-state index in [9.17, 15) is 0 Å². The van der Waals surface area contributed by atoms with Gasteiger partial charge in [0.1, 0.15) is 0 Å². The van der Waals surface area contributed by atoms with E-state index >= 15 is 0 Å². The Labute approximate surface area is 58.6 Å². The molecule has 0 aliphatic heterocycles. The van der Waals surface area contributed by atoms with E-state index in [1.807, 2.05) is 0 Å². The topological polar surface area (TPSA) is 0 Å². The van der Waals surface area contributed by atoms with Crippen LogP contribution in [0.2, 0.25) is 8.86 Å². The summed E-state index contributed by atoms with van der Waals surface area (Å²) >= 11 is -0.257. The minimum atomic E-state index is -0.128. The molecule has 0 aromatic carbocycles. The third kappa shape index (κ3) is 6.22. The second kappa shape index (κ2) is 6.22. The molecule has 0 saturated carbocycles. The molecule has 0 aliphatic rings. The van der Waals surface area contributed by atoms with Crippen molar-refractivity contribution in [2.75, 3.05) is 0 Å². The van der Waals surface area contributed by atoms with Gasteiger partial charge in [0, 0.05) is 0 Å². The first-order valence-corrected chi connectivity index (χ1v) is 27.6. The molecule has 0 bridgehead atoms. The van der Waals surface area contributed by atoms with Gasteiger partial charge in [0.05, 0.1) is 0 Å². The Morgan fingerprint density at radius 1 is 1.20 bits per heavy atom. The first kappa shape index (κ1) is 7.22. The fraction of sp³-hybridized carbons (Fsp3) is 1.00. The predicted octanol–water partition coefficient (Wildman–Crippen LogP) is 1.81. The van der Waals surface area contributed by atoms with Crippen LogP contribution in [0.5, 0.6) is 0 Å². The molecule has 5 heavy (non-hydrogen) atoms. The van der Waals surface area contributed by atoms with Crippen molar-refractivity contribution in [1.82, 2.24) is 0 Å². The summed E-state index contributed by atoms with van der Waals surface area (Å²) in [5.41, 5.74) is 0. The molecule has 0 N–H and O–H groups in total. The maximum absolute atomic E-state index is 2.45. The zero-order valence-electron chi connectivity index (χ0n) is 3.82. The summed E-state index contributed by atoms with van der Waals surface area (Å²) < 4.78 is 7.31. The van der Waals surface area contributed by atoms with Crippen LogP contribution >= 0.6 is 4.72 Å². The molecule has 0 fully saturated rings. The summed E-state index contributed by atoms with van der Waals surface area (Å²) in [4.78, 5) is 0. The van der Waals surface area contributed by atoms with Crippen molar-refractivity contribution in [1.29, 1.82) is 0 Å². The van der Waals surface area contributed by atoms with Gasteiger partial charge >= 0.3 is 59.7 Å². The molecule has 0 radical (unpaired) electrons. The molecule has 0 heterocycles. The van der Waals surface area contributed by atoms with Gasteiger partial charge in [-0.1, -0.05) is 0 Å². The van der Waals surface area contributed by atoms with Crippen LogP contribution < -0.4 is 0 Å². The Bertz CT molecular complexity index is 15.1. The van der Waals surface area contributed by atoms with E-state index in [-0.39, 0.29) is 46.1 Å². The van der Waals surface area contributed by atoms with E-state index in [2.05, 4.69) is 13.6 Å². The molecular weight excluding hydrogens is 457 g/mol. The molecule has 0 nitrogen and oxygen atoms in total. The summed E-state index contributed by atoms with van der Waals surface area (Å²) in [6, 6.07) is 0. The summed E-state index contributed by atoms with van der Waals surface area (Å²) in [6.45, 7) is 0. The van der Waals surface area contributed by atoms with Crippen molar-refractivity contribution in [3.63, 3.8) is 0 Å². The number of hydrogen-bond acceptors (Lipinski definition) is 1. The van der Waals surface area contributed by atoms with Crippen molar-refractivity contribution in [3.8, 4) is 0 Å². The minimum absolute atomic E-state index is 0.128. The summed E-state index contributed by atoms with van der Waals surface area (Å²) in [5, 5.41) is 0. The first-order chi connectivity index (χ1) is 2.41. The number of rotatable bonds is 2. The van der Waals surface area contributed by atoms with Crippen molar-refractivity contribution >= 4 is 4.72 Å². The molecular formula is C2H6Hg2S. The summed E-state index contributed by atoms with van der Waals surface area (Å²) in [5.74, 6) is 0. The van der Waals surface area contributed by atoms with Crippen LogP contribution in [0.4, 0.5) is 0 Å². The molecule has 0 aromatic heterocycles. The van der Waals surface area contributed by atoms with Gasteiger partial charge in [0.15, 0.2) is 0 Å². The Morgan fingerprint density at radius 3 is 1.60 bits per heavy atom. The van der Waals surface area contributed by atoms with Gasteiger partial charge < -0.3 is 0 Å². The Hall–Kier alpha value is 2.22. The van der Waals surface area contributed by atoms with Crippen LogP contribution in [0, 0.1) is 0 Å². The quantitative estimate of drug-likeness (QED) is 0.564. The van der Waals surface area contributed by atoms with Gasteiger partial charge in [-0.25, -0.2) is 0 Å². The Morgan fingerprint density at radius 2 is 1.60 bits per heavy atom. The van der Waals surface area contributed by atoms with Crippen molar-refractivity contribution in [2.24, 2.45) is 0 Å². The van der Waals surface area contributed by atoms with Gasteiger partial charge in [-0.15, -0.1) is 0 Å². The summed E-state index contributed by atoms with van der Waals surface area (Å²) in [7, 11) is 0. The molecule has 24 valence electrons. The Balaban J connectivity index is 2.19. The van der Waals surface area contributed by atoms with E-state index in [1.54, 1.807) is 0 Å². The van der Waals surface area contributed by atoms with Crippen molar-refractivity contribution < 1.29 is 46.1 Å². The first-order valence-electron chi connectivity index (χ1n) is 1.99. The predicted molar refractivity (Wildman–Crippen MR) is 19.3 cm³/mol. The van der Waals surface area contributed by atoms with Crippen LogP contribution in [-0.2, 0) is 46.1 Å². The molecule has 0 atom stereocenters. The van der Waals surface area contributed by atoms with Crippen LogP contribution in [0.15, 0.2) is 0 Å². The van der Waals surface area contributed by atoms with Gasteiger partial charge in [-0.3, -0.25) is 0 Å². The zero-order chi connectivity index (χ0) is 4.12. The van der Waals surface area contributed by atoms with Crippen molar-refractivity contribution in [3.05, 3.63) is 0 Å². The summed E-state index contributed by atoms with van der Waals surface area (Å²) in [6.07, 6.45) is 0. The third-order valence-electron chi connectivity index (χ3n) is 0.408. The monoisotopic (exact) mass is 466 g/mol. The molecule has 0 aromatic rings. The number of hydrogen-bond donors (Lipinski definition) is 0. The van der Waals surface area contributed by atoms with Gasteiger partial charge in [0.2, 0.25) is 0 Å². The third-order valence-corrected chi connectivity index (χ3v) is 94.3. The molecule has 3 heteroatoms. The zero-order valence-corrected chi connectivity index (χ0v) is 15.6. The average molecular weight is 463 g/mol. The van der Waals surface area contributed by atoms with Crippen LogP contribution in [-0.4, -0.2) is 0 Å². The van der Waals surface area contributed by atoms with E-state index in [4.69, 9.17) is 0 Å². The maximum atomic E-state index is 2.45. The SMILES string of the molecule is [CH3][Hg][S][Hg][CH3]. The average Bonchev–Trinajstić information content (AvgIpc) is 1.41. The standard InChI is InChI=1S/2CH3.2Hg.S/h2*1H3;;;. The molecule has 0 amide bonds. The fourth-order valence-corrected chi connectivity index (χ4v) is 47.2. The second-order valence-electron chi connectivity index (χ2n) is 0.781. The van der Waals surface area contributed by atoms with E-state index in [0.717, 1.165) is 0 Å². The van der Waals surface area contributed by atoms with E-state index in [0.29, 0.717) is 0 Å². The van der Waals surface area contributed by atoms with Crippen LogP contribution in [0.25, 0.3) is 0 Å². The normalized spacial score (nSPS) is 5.20. The fourth-order valence-electron chi connectivity index (χ4n) is 0.204. The Kier molecular flexibility index (Phi) is 8.98. The molecule has 0 unspecified atom stereocenters. The van der Waals surface area contributed by atoms with E-state index < -0.39 is 0 Å².